The first-order valence-electron chi connectivity index (χ1n) is 14.8. The van der Waals surface area contributed by atoms with Crippen molar-refractivity contribution in [3.63, 3.8) is 0 Å². The molecule has 4 N–H and O–H groups in total. The fourth-order valence-electron chi connectivity index (χ4n) is 6.08. The number of hydrogen-bond donors (Lipinski definition) is 4. The number of ether oxygens (including phenoxy) is 2. The van der Waals surface area contributed by atoms with Crippen LogP contribution in [0.4, 0.5) is 0 Å². The number of aryl methyl sites for hydroxylation is 1. The molecule has 9 nitrogen and oxygen atoms in total. The molecule has 3 aromatic rings. The lowest BCUT2D eigenvalue weighted by Gasteiger charge is -2.38. The Morgan fingerprint density at radius 1 is 1.00 bits per heavy atom. The standard InChI is InChI=1S/C35H36O9/c1-4-5-6-7-8-9-10-11-27(39)44-35-19(3)43-26(17-25(35)38)21-12-13-22-29(32(21)40)34(42)30-24(37)16-20-14-18(2)15-23(36)28(20)31(30)33(22)41/h8-16,19,25-26,35-38,40H,4-7,17H2,1-3H3/b9-8-,11-10+/t19-,25-,26-,35-/m0/s1. The van der Waals surface area contributed by atoms with Gasteiger partial charge in [0.25, 0.3) is 0 Å². The Morgan fingerprint density at radius 3 is 2.50 bits per heavy atom. The molecule has 1 saturated heterocycles. The number of carbonyl (C=O) groups excluding carboxylic acids is 3. The summed E-state index contributed by atoms with van der Waals surface area (Å²) in [6.07, 6.45) is 7.08. The zero-order valence-corrected chi connectivity index (χ0v) is 24.9. The van der Waals surface area contributed by atoms with Crippen LogP contribution in [0.3, 0.4) is 0 Å². The molecular formula is C35H36O9. The van der Waals surface area contributed by atoms with E-state index in [0.717, 1.165) is 25.7 Å². The maximum absolute atomic E-state index is 13.7. The zero-order valence-electron chi connectivity index (χ0n) is 24.9. The summed E-state index contributed by atoms with van der Waals surface area (Å²) in [6, 6.07) is 7.30. The molecule has 1 aliphatic heterocycles. The lowest BCUT2D eigenvalue weighted by molar-refractivity contribution is -0.190. The Hall–Kier alpha value is -4.47. The average Bonchev–Trinajstić information content (AvgIpc) is 2.96. The van der Waals surface area contributed by atoms with E-state index in [2.05, 4.69) is 6.92 Å². The van der Waals surface area contributed by atoms with Gasteiger partial charge < -0.3 is 29.9 Å². The molecule has 5 rings (SSSR count). The maximum atomic E-state index is 13.7. The van der Waals surface area contributed by atoms with Gasteiger partial charge in [-0.25, -0.2) is 4.79 Å². The lowest BCUT2D eigenvalue weighted by atomic mass is 9.79. The summed E-state index contributed by atoms with van der Waals surface area (Å²) >= 11 is 0. The van der Waals surface area contributed by atoms with Crippen LogP contribution < -0.4 is 0 Å². The summed E-state index contributed by atoms with van der Waals surface area (Å²) in [4.78, 5) is 39.8. The second-order valence-corrected chi connectivity index (χ2v) is 11.4. The van der Waals surface area contributed by atoms with Gasteiger partial charge in [-0.3, -0.25) is 9.59 Å². The van der Waals surface area contributed by atoms with Crippen LogP contribution in [0.5, 0.6) is 17.2 Å². The van der Waals surface area contributed by atoms with Gasteiger partial charge in [-0.05, 0) is 55.8 Å². The van der Waals surface area contributed by atoms with E-state index in [1.807, 2.05) is 6.08 Å². The third kappa shape index (κ3) is 5.73. The van der Waals surface area contributed by atoms with E-state index in [1.165, 1.54) is 30.3 Å². The van der Waals surface area contributed by atoms with Crippen LogP contribution in [0, 0.1) is 6.92 Å². The van der Waals surface area contributed by atoms with E-state index in [1.54, 1.807) is 32.1 Å². The predicted octanol–water partition coefficient (Wildman–Crippen LogP) is 5.86. The number of rotatable bonds is 8. The molecule has 1 aliphatic carbocycles. The molecule has 1 heterocycles. The largest absolute Gasteiger partial charge is 0.507 e. The molecular weight excluding hydrogens is 564 g/mol. The normalized spacial score (nSPS) is 21.6. The third-order valence-electron chi connectivity index (χ3n) is 8.21. The lowest BCUT2D eigenvalue weighted by Crippen LogP contribution is -2.46. The highest BCUT2D eigenvalue weighted by atomic mass is 16.6. The van der Waals surface area contributed by atoms with E-state index in [4.69, 9.17) is 9.47 Å². The Balaban J connectivity index is 1.37. The van der Waals surface area contributed by atoms with Crippen LogP contribution in [0.25, 0.3) is 10.8 Å². The van der Waals surface area contributed by atoms with Crippen molar-refractivity contribution in [2.75, 3.05) is 0 Å². The first kappa shape index (κ1) is 31.0. The molecule has 4 atom stereocenters. The van der Waals surface area contributed by atoms with Crippen LogP contribution in [-0.4, -0.2) is 56.3 Å². The summed E-state index contributed by atoms with van der Waals surface area (Å²) < 4.78 is 11.5. The van der Waals surface area contributed by atoms with Gasteiger partial charge in [0, 0.05) is 34.6 Å². The van der Waals surface area contributed by atoms with E-state index in [0.29, 0.717) is 10.9 Å². The minimum Gasteiger partial charge on any atom is -0.507 e. The number of benzene rings is 3. The minimum atomic E-state index is -1.14. The molecule has 2 aliphatic rings. The van der Waals surface area contributed by atoms with Gasteiger partial charge in [0.2, 0.25) is 5.78 Å². The Morgan fingerprint density at radius 2 is 1.77 bits per heavy atom. The summed E-state index contributed by atoms with van der Waals surface area (Å²) in [6.45, 7) is 5.51. The summed E-state index contributed by atoms with van der Waals surface area (Å²) in [5.74, 6) is -3.21. The van der Waals surface area contributed by atoms with Crippen molar-refractivity contribution in [2.45, 2.75) is 77.3 Å². The van der Waals surface area contributed by atoms with Gasteiger partial charge in [0.1, 0.15) is 17.2 Å². The van der Waals surface area contributed by atoms with Crippen LogP contribution in [0.15, 0.2) is 54.6 Å². The molecule has 1 fully saturated rings. The number of aromatic hydroxyl groups is 3. The quantitative estimate of drug-likeness (QED) is 0.0844. The minimum absolute atomic E-state index is 0.0580. The molecule has 9 heteroatoms. The summed E-state index contributed by atoms with van der Waals surface area (Å²) in [5.41, 5.74) is 0.0397. The molecule has 0 bridgehead atoms. The Labute approximate surface area is 255 Å². The van der Waals surface area contributed by atoms with Crippen LogP contribution >= 0.6 is 0 Å². The van der Waals surface area contributed by atoms with Crippen molar-refractivity contribution in [1.29, 1.82) is 0 Å². The predicted molar refractivity (Wildman–Crippen MR) is 163 cm³/mol. The van der Waals surface area contributed by atoms with Crippen molar-refractivity contribution in [3.05, 3.63) is 88.0 Å². The highest BCUT2D eigenvalue weighted by molar-refractivity contribution is 6.34. The van der Waals surface area contributed by atoms with Crippen LogP contribution in [0.1, 0.15) is 95.0 Å². The molecule has 0 radical (unpaired) electrons. The smallest absolute Gasteiger partial charge is 0.331 e. The third-order valence-corrected chi connectivity index (χ3v) is 8.21. The Bertz CT molecular complexity index is 1690. The number of aliphatic hydroxyl groups is 1. The number of carbonyl (C=O) groups is 3. The van der Waals surface area contributed by atoms with Gasteiger partial charge in [-0.15, -0.1) is 0 Å². The van der Waals surface area contributed by atoms with Gasteiger partial charge >= 0.3 is 5.97 Å². The van der Waals surface area contributed by atoms with Crippen molar-refractivity contribution >= 4 is 28.3 Å². The zero-order chi connectivity index (χ0) is 31.7. The molecule has 0 amide bonds. The van der Waals surface area contributed by atoms with Crippen LogP contribution in [0.2, 0.25) is 0 Å². The highest BCUT2D eigenvalue weighted by Gasteiger charge is 2.42. The highest BCUT2D eigenvalue weighted by Crippen LogP contribution is 2.46. The average molecular weight is 601 g/mol. The maximum Gasteiger partial charge on any atom is 0.331 e. The number of phenols is 3. The SMILES string of the molecule is CCCCC/C=C\C=C\C(=O)O[C@H]1[C@H](C)O[C@H](c2ccc3c(c2O)C(=O)c2c(O)cc4cc(C)cc(O)c4c2C3=O)C[C@@H]1O. The van der Waals surface area contributed by atoms with Crippen molar-refractivity contribution in [2.24, 2.45) is 0 Å². The van der Waals surface area contributed by atoms with Gasteiger partial charge in [0.05, 0.1) is 29.4 Å². The number of unbranched alkanes of at least 4 members (excludes halogenated alkanes) is 3. The van der Waals surface area contributed by atoms with Crippen molar-refractivity contribution < 1.29 is 44.3 Å². The fourth-order valence-corrected chi connectivity index (χ4v) is 6.08. The molecule has 0 aromatic heterocycles. The van der Waals surface area contributed by atoms with E-state index < -0.39 is 53.5 Å². The number of hydrogen-bond acceptors (Lipinski definition) is 9. The fraction of sp³-hybridized carbons (Fsp3) is 0.343. The molecule has 0 unspecified atom stereocenters. The molecule has 44 heavy (non-hydrogen) atoms. The van der Waals surface area contributed by atoms with Gasteiger partial charge in [-0.2, -0.15) is 0 Å². The number of ketones is 2. The van der Waals surface area contributed by atoms with Crippen LogP contribution in [-0.2, 0) is 14.3 Å². The van der Waals surface area contributed by atoms with Crippen molar-refractivity contribution in [3.8, 4) is 17.2 Å². The summed E-state index contributed by atoms with van der Waals surface area (Å²) in [7, 11) is 0. The van der Waals surface area contributed by atoms with Gasteiger partial charge in [-0.1, -0.05) is 50.1 Å². The topological polar surface area (TPSA) is 151 Å². The summed E-state index contributed by atoms with van der Waals surface area (Å²) in [5, 5.41) is 44.2. The molecule has 230 valence electrons. The molecule has 0 saturated carbocycles. The van der Waals surface area contributed by atoms with E-state index in [9.17, 15) is 34.8 Å². The number of aliphatic hydroxyl groups excluding tert-OH is 1. The molecule has 3 aromatic carbocycles. The second kappa shape index (κ2) is 12.6. The van der Waals surface area contributed by atoms with Crippen molar-refractivity contribution in [1.82, 2.24) is 0 Å². The number of esters is 1. The van der Waals surface area contributed by atoms with E-state index in [-0.39, 0.29) is 45.4 Å². The Kier molecular flexibility index (Phi) is 8.90. The first-order valence-corrected chi connectivity index (χ1v) is 14.8. The van der Waals surface area contributed by atoms with Gasteiger partial charge in [0.15, 0.2) is 11.9 Å². The second-order valence-electron chi connectivity index (χ2n) is 11.4. The van der Waals surface area contributed by atoms with E-state index >= 15 is 0 Å². The monoisotopic (exact) mass is 600 g/mol. The first-order chi connectivity index (χ1) is 21.0. The molecule has 0 spiro atoms. The number of phenolic OH excluding ortho intramolecular Hbond substituents is 3. The number of allylic oxidation sites excluding steroid dienone is 3. The number of fused-ring (bicyclic) bond motifs is 4.